The maximum atomic E-state index is 9.76. The van der Waals surface area contributed by atoms with Gasteiger partial charge in [-0.2, -0.15) is 10.5 Å². The Morgan fingerprint density at radius 1 is 1.04 bits per heavy atom. The van der Waals surface area contributed by atoms with Gasteiger partial charge in [0.25, 0.3) is 0 Å². The first-order valence-corrected chi connectivity index (χ1v) is 7.78. The highest BCUT2D eigenvalue weighted by atomic mass is 15.2. The normalized spacial score (nSPS) is 16.4. The van der Waals surface area contributed by atoms with Crippen LogP contribution in [-0.4, -0.2) is 18.1 Å². The molecule has 23 heavy (non-hydrogen) atoms. The van der Waals surface area contributed by atoms with Crippen molar-refractivity contribution in [3.63, 3.8) is 0 Å². The molecule has 1 saturated heterocycles. The number of piperidine rings is 1. The maximum absolute atomic E-state index is 9.76. The average molecular weight is 302 g/mol. The molecule has 0 N–H and O–H groups in total. The predicted molar refractivity (Wildman–Crippen MR) is 88.9 cm³/mol. The molecular weight excluding hydrogens is 284 g/mol. The Labute approximate surface area is 136 Å². The van der Waals surface area contributed by atoms with Crippen molar-refractivity contribution >= 4 is 5.82 Å². The van der Waals surface area contributed by atoms with E-state index >= 15 is 0 Å². The molecule has 2 aromatic rings. The highest BCUT2D eigenvalue weighted by molar-refractivity contribution is 5.55. The van der Waals surface area contributed by atoms with E-state index in [0.717, 1.165) is 43.0 Å². The molecule has 1 aliphatic heterocycles. The monoisotopic (exact) mass is 302 g/mol. The molecule has 2 heterocycles. The van der Waals surface area contributed by atoms with E-state index in [-0.39, 0.29) is 0 Å². The minimum Gasteiger partial charge on any atom is -0.355 e. The largest absolute Gasteiger partial charge is 0.355 e. The van der Waals surface area contributed by atoms with Gasteiger partial charge in [0.2, 0.25) is 0 Å². The molecule has 0 aliphatic carbocycles. The Hall–Kier alpha value is -2.85. The highest BCUT2D eigenvalue weighted by Crippen LogP contribution is 2.36. The van der Waals surface area contributed by atoms with E-state index in [4.69, 9.17) is 0 Å². The molecule has 0 saturated carbocycles. The van der Waals surface area contributed by atoms with Crippen LogP contribution in [-0.2, 0) is 5.41 Å². The zero-order chi connectivity index (χ0) is 16.3. The molecule has 1 fully saturated rings. The van der Waals surface area contributed by atoms with Crippen molar-refractivity contribution in [3.05, 3.63) is 59.3 Å². The van der Waals surface area contributed by atoms with Crippen molar-refractivity contribution in [2.45, 2.75) is 25.2 Å². The lowest BCUT2D eigenvalue weighted by Crippen LogP contribution is -2.42. The van der Waals surface area contributed by atoms with Crippen LogP contribution < -0.4 is 4.90 Å². The third kappa shape index (κ3) is 2.76. The topological polar surface area (TPSA) is 63.7 Å². The summed E-state index contributed by atoms with van der Waals surface area (Å²) in [4.78, 5) is 6.66. The molecule has 1 aliphatic rings. The molecule has 0 amide bonds. The summed E-state index contributed by atoms with van der Waals surface area (Å²) in [6, 6.07) is 18.4. The zero-order valence-corrected chi connectivity index (χ0v) is 13.2. The number of pyridine rings is 1. The summed E-state index contributed by atoms with van der Waals surface area (Å²) in [5.41, 5.74) is 2.15. The number of hydrogen-bond donors (Lipinski definition) is 0. The average Bonchev–Trinajstić information content (AvgIpc) is 2.62. The van der Waals surface area contributed by atoms with Crippen LogP contribution in [0.25, 0.3) is 0 Å². The Morgan fingerprint density at radius 3 is 2.35 bits per heavy atom. The van der Waals surface area contributed by atoms with E-state index < -0.39 is 5.41 Å². The second-order valence-electron chi connectivity index (χ2n) is 5.98. The van der Waals surface area contributed by atoms with E-state index in [1.807, 2.05) is 49.4 Å². The van der Waals surface area contributed by atoms with Gasteiger partial charge >= 0.3 is 0 Å². The first-order valence-electron chi connectivity index (χ1n) is 7.78. The number of hydrogen-bond acceptors (Lipinski definition) is 4. The third-order valence-corrected chi connectivity index (χ3v) is 4.59. The standard InChI is InChI=1S/C19H18N4/c1-15-7-8-16(13-20)18(22-15)23-11-9-19(14-21,10-12-23)17-5-3-2-4-6-17/h2-8H,9-12H2,1H3. The van der Waals surface area contributed by atoms with Crippen LogP contribution in [0.1, 0.15) is 29.7 Å². The van der Waals surface area contributed by atoms with Crippen molar-refractivity contribution in [2.75, 3.05) is 18.0 Å². The molecule has 0 unspecified atom stereocenters. The third-order valence-electron chi connectivity index (χ3n) is 4.59. The van der Waals surface area contributed by atoms with Crippen molar-refractivity contribution in [1.82, 2.24) is 4.98 Å². The fourth-order valence-corrected chi connectivity index (χ4v) is 3.19. The number of anilines is 1. The first kappa shape index (κ1) is 15.1. The van der Waals surface area contributed by atoms with Crippen LogP contribution in [0.15, 0.2) is 42.5 Å². The van der Waals surface area contributed by atoms with Gasteiger partial charge in [-0.1, -0.05) is 30.3 Å². The van der Waals surface area contributed by atoms with Gasteiger partial charge in [-0.15, -0.1) is 0 Å². The van der Waals surface area contributed by atoms with E-state index in [2.05, 4.69) is 22.0 Å². The maximum Gasteiger partial charge on any atom is 0.146 e. The molecule has 0 spiro atoms. The summed E-state index contributed by atoms with van der Waals surface area (Å²) in [6.45, 7) is 3.39. The molecule has 4 nitrogen and oxygen atoms in total. The summed E-state index contributed by atoms with van der Waals surface area (Å²) in [5, 5.41) is 19.1. The predicted octanol–water partition coefficient (Wildman–Crippen LogP) is 3.32. The van der Waals surface area contributed by atoms with Crippen LogP contribution in [0.4, 0.5) is 5.82 Å². The SMILES string of the molecule is Cc1ccc(C#N)c(N2CCC(C#N)(c3ccccc3)CC2)n1. The van der Waals surface area contributed by atoms with Crippen LogP contribution in [0.3, 0.4) is 0 Å². The van der Waals surface area contributed by atoms with Gasteiger partial charge in [0, 0.05) is 18.8 Å². The van der Waals surface area contributed by atoms with E-state index in [1.54, 1.807) is 0 Å². The molecule has 3 rings (SSSR count). The van der Waals surface area contributed by atoms with Crippen molar-refractivity contribution in [2.24, 2.45) is 0 Å². The minimum atomic E-state index is -0.436. The van der Waals surface area contributed by atoms with E-state index in [9.17, 15) is 10.5 Å². The van der Waals surface area contributed by atoms with Crippen LogP contribution >= 0.6 is 0 Å². The number of aromatic nitrogens is 1. The number of benzene rings is 1. The molecule has 114 valence electrons. The summed E-state index contributed by atoms with van der Waals surface area (Å²) in [5.74, 6) is 0.743. The Bertz CT molecular complexity index is 775. The quantitative estimate of drug-likeness (QED) is 0.853. The van der Waals surface area contributed by atoms with Crippen molar-refractivity contribution < 1.29 is 0 Å². The summed E-state index contributed by atoms with van der Waals surface area (Å²) < 4.78 is 0. The summed E-state index contributed by atoms with van der Waals surface area (Å²) in [6.07, 6.45) is 1.49. The number of aryl methyl sites for hydroxylation is 1. The molecule has 1 aromatic heterocycles. The molecule has 0 bridgehead atoms. The Balaban J connectivity index is 1.85. The summed E-state index contributed by atoms with van der Waals surface area (Å²) >= 11 is 0. The van der Waals surface area contributed by atoms with Gasteiger partial charge < -0.3 is 4.90 Å². The highest BCUT2D eigenvalue weighted by Gasteiger charge is 2.37. The van der Waals surface area contributed by atoms with Crippen LogP contribution in [0.2, 0.25) is 0 Å². The van der Waals surface area contributed by atoms with Crippen LogP contribution in [0, 0.1) is 29.6 Å². The number of nitriles is 2. The Kier molecular flexibility index (Phi) is 4.00. The lowest BCUT2D eigenvalue weighted by Gasteiger charge is -2.38. The van der Waals surface area contributed by atoms with Gasteiger partial charge in [-0.3, -0.25) is 0 Å². The van der Waals surface area contributed by atoms with Gasteiger partial charge in [0.05, 0.1) is 17.0 Å². The molecular formula is C19H18N4. The van der Waals surface area contributed by atoms with Crippen LogP contribution in [0.5, 0.6) is 0 Å². The van der Waals surface area contributed by atoms with E-state index in [0.29, 0.717) is 5.56 Å². The fourth-order valence-electron chi connectivity index (χ4n) is 3.19. The van der Waals surface area contributed by atoms with Crippen molar-refractivity contribution in [1.29, 1.82) is 10.5 Å². The first-order chi connectivity index (χ1) is 11.2. The number of nitrogens with zero attached hydrogens (tertiary/aromatic N) is 4. The smallest absolute Gasteiger partial charge is 0.146 e. The molecule has 0 atom stereocenters. The Morgan fingerprint density at radius 2 is 1.74 bits per heavy atom. The second kappa shape index (κ2) is 6.10. The molecule has 4 heteroatoms. The fraction of sp³-hybridized carbons (Fsp3) is 0.316. The summed E-state index contributed by atoms with van der Waals surface area (Å²) in [7, 11) is 0. The minimum absolute atomic E-state index is 0.436. The number of rotatable bonds is 2. The zero-order valence-electron chi connectivity index (χ0n) is 13.2. The lowest BCUT2D eigenvalue weighted by atomic mass is 9.74. The van der Waals surface area contributed by atoms with E-state index in [1.165, 1.54) is 0 Å². The van der Waals surface area contributed by atoms with Gasteiger partial charge in [-0.25, -0.2) is 4.98 Å². The lowest BCUT2D eigenvalue weighted by molar-refractivity contribution is 0.414. The van der Waals surface area contributed by atoms with Gasteiger partial charge in [0.1, 0.15) is 11.9 Å². The second-order valence-corrected chi connectivity index (χ2v) is 5.98. The molecule has 0 radical (unpaired) electrons. The van der Waals surface area contributed by atoms with Gasteiger partial charge in [-0.05, 0) is 37.5 Å². The van der Waals surface area contributed by atoms with Crippen molar-refractivity contribution in [3.8, 4) is 12.1 Å². The molecule has 1 aromatic carbocycles. The van der Waals surface area contributed by atoms with Gasteiger partial charge in [0.15, 0.2) is 0 Å².